The number of aryl methyl sites for hydroxylation is 4. The van der Waals surface area contributed by atoms with Gasteiger partial charge in [0.1, 0.15) is 7.40 Å². The lowest BCUT2D eigenvalue weighted by Gasteiger charge is -2.09. The standard InChI is InChI=1S/2C31H32NO3.BFO2/c2*1-3-5-7-23-9-13-25(14-10-23)28-21-30(26-15-11-24(12-16-26)8-6-4-2)35-31(22-28)27-17-19-29(20-18-27)32(33)34;2-1(3)4/h2*9-22H,3-8H2,1-2H3;/q2*+1;-2. The van der Waals surface area contributed by atoms with Gasteiger partial charge in [0.2, 0.25) is 0 Å². The second kappa shape index (κ2) is 28.5. The van der Waals surface area contributed by atoms with Crippen LogP contribution >= 0.6 is 0 Å². The molecule has 10 nitrogen and oxygen atoms in total. The summed E-state index contributed by atoms with van der Waals surface area (Å²) in [5.41, 5.74) is 13.4. The first-order valence-electron chi connectivity index (χ1n) is 25.7. The van der Waals surface area contributed by atoms with Gasteiger partial charge in [0.25, 0.3) is 11.4 Å². The van der Waals surface area contributed by atoms with Crippen LogP contribution in [0.5, 0.6) is 0 Å². The Labute approximate surface area is 434 Å². The molecule has 0 N–H and O–H groups in total. The van der Waals surface area contributed by atoms with Crippen molar-refractivity contribution < 1.29 is 33.0 Å². The van der Waals surface area contributed by atoms with E-state index in [1.54, 1.807) is 24.3 Å². The molecule has 0 unspecified atom stereocenters. The number of benzene rings is 6. The van der Waals surface area contributed by atoms with Gasteiger partial charge in [-0.25, -0.2) is 8.83 Å². The molecule has 0 bridgehead atoms. The minimum atomic E-state index is -3.17. The van der Waals surface area contributed by atoms with Gasteiger partial charge in [0.05, 0.1) is 56.4 Å². The third-order valence-electron chi connectivity index (χ3n) is 12.6. The Bertz CT molecular complexity index is 2660. The highest BCUT2D eigenvalue weighted by Crippen LogP contribution is 2.36. The lowest BCUT2D eigenvalue weighted by molar-refractivity contribution is -0.385. The maximum atomic E-state index is 11.1. The van der Waals surface area contributed by atoms with E-state index in [4.69, 9.17) is 18.9 Å². The Hall–Kier alpha value is -7.67. The second-order valence-corrected chi connectivity index (χ2v) is 18.2. The van der Waals surface area contributed by atoms with Crippen molar-refractivity contribution in [2.75, 3.05) is 0 Å². The summed E-state index contributed by atoms with van der Waals surface area (Å²) in [4.78, 5) is 21.4. The van der Waals surface area contributed by atoms with E-state index < -0.39 is 7.40 Å². The maximum Gasteiger partial charge on any atom is 0.361 e. The van der Waals surface area contributed by atoms with Gasteiger partial charge < -0.3 is 14.4 Å². The van der Waals surface area contributed by atoms with Crippen LogP contribution in [0.4, 0.5) is 15.7 Å². The molecule has 0 aliphatic heterocycles. The number of nitro groups is 2. The zero-order chi connectivity index (χ0) is 52.8. The zero-order valence-corrected chi connectivity index (χ0v) is 42.8. The predicted molar refractivity (Wildman–Crippen MR) is 293 cm³/mol. The molecule has 12 heteroatoms. The van der Waals surface area contributed by atoms with E-state index in [0.717, 1.165) is 81.7 Å². The van der Waals surface area contributed by atoms with Crippen molar-refractivity contribution in [1.29, 1.82) is 0 Å². The van der Waals surface area contributed by atoms with E-state index in [0.29, 0.717) is 11.5 Å². The summed E-state index contributed by atoms with van der Waals surface area (Å²) in [5, 5.41) is 38.8. The largest absolute Gasteiger partial charge is 0.867 e. The van der Waals surface area contributed by atoms with Gasteiger partial charge in [-0.15, -0.1) is 0 Å². The van der Waals surface area contributed by atoms with Gasteiger partial charge in [-0.1, -0.05) is 126 Å². The van der Waals surface area contributed by atoms with Crippen LogP contribution in [0.3, 0.4) is 0 Å². The first kappa shape index (κ1) is 55.6. The van der Waals surface area contributed by atoms with Gasteiger partial charge in [-0.2, -0.15) is 0 Å². The molecule has 0 spiro atoms. The summed E-state index contributed by atoms with van der Waals surface area (Å²) in [6.45, 7) is 8.82. The Morgan fingerprint density at radius 2 is 0.568 bits per heavy atom. The van der Waals surface area contributed by atoms with Gasteiger partial charge in [-0.05, 0) is 133 Å². The Morgan fingerprint density at radius 1 is 0.365 bits per heavy atom. The third kappa shape index (κ3) is 16.7. The normalized spacial score (nSPS) is 10.7. The molecule has 0 saturated carbocycles. The number of hydrogen-bond acceptors (Lipinski definition) is 6. The molecule has 0 atom stereocenters. The highest BCUT2D eigenvalue weighted by molar-refractivity contribution is 6.27. The SMILES string of the molecule is CCCCc1ccc(-c2cc(-c3ccc(CCCC)cc3)[o+]c(-c3ccc([N+](=O)[O-])cc3)c2)cc1.CCCCc1ccc(-c2cc(-c3ccc(CCCC)cc3)[o+]c(-c3ccc([N+](=O)[O-])cc3)c2)cc1.[O-]B([O-])F. The summed E-state index contributed by atoms with van der Waals surface area (Å²) in [6.07, 6.45) is 13.8. The number of non-ortho nitro benzene ring substituents is 2. The highest BCUT2D eigenvalue weighted by Gasteiger charge is 2.23. The van der Waals surface area contributed by atoms with Crippen molar-refractivity contribution in [3.05, 3.63) is 212 Å². The number of hydrogen-bond donors (Lipinski definition) is 0. The smallest absolute Gasteiger partial charge is 0.361 e. The summed E-state index contributed by atoms with van der Waals surface area (Å²) >= 11 is 0. The van der Waals surface area contributed by atoms with Crippen molar-refractivity contribution in [2.24, 2.45) is 0 Å². The topological polar surface area (TPSA) is 155 Å². The highest BCUT2D eigenvalue weighted by atomic mass is 19.1. The summed E-state index contributed by atoms with van der Waals surface area (Å²) in [7, 11) is -3.17. The van der Waals surface area contributed by atoms with Crippen LogP contribution in [-0.4, -0.2) is 17.2 Å². The molecule has 2 aromatic heterocycles. The molecule has 74 heavy (non-hydrogen) atoms. The number of nitro benzene ring substituents is 2. The number of nitrogens with zero attached hydrogens (tertiary/aromatic N) is 2. The van der Waals surface area contributed by atoms with Crippen LogP contribution in [0.2, 0.25) is 0 Å². The van der Waals surface area contributed by atoms with E-state index in [1.807, 2.05) is 12.1 Å². The third-order valence-corrected chi connectivity index (χ3v) is 12.6. The minimum Gasteiger partial charge on any atom is -0.867 e. The lowest BCUT2D eigenvalue weighted by Crippen LogP contribution is -2.39. The first-order chi connectivity index (χ1) is 35.9. The molecule has 0 aliphatic carbocycles. The van der Waals surface area contributed by atoms with Gasteiger partial charge in [-0.3, -0.25) is 20.2 Å². The summed E-state index contributed by atoms with van der Waals surface area (Å²) in [6, 6.07) is 55.8. The Morgan fingerprint density at radius 3 is 0.770 bits per heavy atom. The van der Waals surface area contributed by atoms with Crippen LogP contribution in [0.15, 0.2) is 179 Å². The molecule has 0 saturated heterocycles. The quantitative estimate of drug-likeness (QED) is 0.0316. The van der Waals surface area contributed by atoms with E-state index >= 15 is 0 Å². The minimum absolute atomic E-state index is 0.0652. The second-order valence-electron chi connectivity index (χ2n) is 18.2. The molecule has 0 aliphatic rings. The Kier molecular flexibility index (Phi) is 21.5. The predicted octanol–water partition coefficient (Wildman–Crippen LogP) is 16.0. The van der Waals surface area contributed by atoms with Gasteiger partial charge >= 0.3 is 23.0 Å². The van der Waals surface area contributed by atoms with Crippen molar-refractivity contribution in [3.63, 3.8) is 0 Å². The van der Waals surface area contributed by atoms with Crippen molar-refractivity contribution in [1.82, 2.24) is 0 Å². The number of halogens is 1. The van der Waals surface area contributed by atoms with Crippen LogP contribution in [0.25, 0.3) is 67.5 Å². The zero-order valence-electron chi connectivity index (χ0n) is 42.8. The van der Waals surface area contributed by atoms with Gasteiger partial charge in [0.15, 0.2) is 0 Å². The van der Waals surface area contributed by atoms with Crippen LogP contribution < -0.4 is 10.0 Å². The molecule has 380 valence electrons. The average Bonchev–Trinajstić information content (AvgIpc) is 3.43. The molecule has 8 aromatic rings. The monoisotopic (exact) mass is 994 g/mol. The number of unbranched alkanes of at least 4 members (excludes halogenated alkanes) is 4. The molecule has 0 radical (unpaired) electrons. The maximum absolute atomic E-state index is 11.1. The van der Waals surface area contributed by atoms with E-state index in [-0.39, 0.29) is 21.2 Å². The van der Waals surface area contributed by atoms with Crippen molar-refractivity contribution >= 4 is 18.8 Å². The van der Waals surface area contributed by atoms with Crippen molar-refractivity contribution in [3.8, 4) is 67.5 Å². The van der Waals surface area contributed by atoms with E-state index in [1.165, 1.54) is 97.9 Å². The molecule has 0 amide bonds. The molecular weight excluding hydrogens is 930 g/mol. The summed E-state index contributed by atoms with van der Waals surface area (Å²) < 4.78 is 22.6. The fourth-order valence-electron chi connectivity index (χ4n) is 8.32. The number of rotatable bonds is 20. The Balaban J connectivity index is 0.000000225. The fraction of sp³-hybridized carbons (Fsp3) is 0.258. The molecule has 6 aromatic carbocycles. The summed E-state index contributed by atoms with van der Waals surface area (Å²) in [5.74, 6) is 2.90. The lowest BCUT2D eigenvalue weighted by atomic mass is 9.99. The van der Waals surface area contributed by atoms with Crippen LogP contribution in [0.1, 0.15) is 101 Å². The van der Waals surface area contributed by atoms with E-state index in [2.05, 4.69) is 137 Å². The fourth-order valence-corrected chi connectivity index (χ4v) is 8.32. The molecule has 2 heterocycles. The molecular formula is C62H64BFN2O8. The molecule has 0 fully saturated rings. The average molecular weight is 995 g/mol. The van der Waals surface area contributed by atoms with Crippen LogP contribution in [0, 0.1) is 20.2 Å². The molecule has 8 rings (SSSR count). The van der Waals surface area contributed by atoms with E-state index in [9.17, 15) is 24.5 Å². The first-order valence-corrected chi connectivity index (χ1v) is 25.7. The van der Waals surface area contributed by atoms with Crippen molar-refractivity contribution in [2.45, 2.75) is 105 Å². The van der Waals surface area contributed by atoms with Crippen LogP contribution in [-0.2, 0) is 25.7 Å². The van der Waals surface area contributed by atoms with Gasteiger partial charge in [0, 0.05) is 35.4 Å².